The Kier molecular flexibility index (Phi) is 8.74. The molecular weight excluding hydrogens is 388 g/mol. The van der Waals surface area contributed by atoms with Crippen molar-refractivity contribution in [3.8, 4) is 17.6 Å². The quantitative estimate of drug-likeness (QED) is 0.373. The Hall–Kier alpha value is -2.79. The van der Waals surface area contributed by atoms with Crippen molar-refractivity contribution in [2.75, 3.05) is 13.7 Å². The number of rotatable bonds is 6. The summed E-state index contributed by atoms with van der Waals surface area (Å²) in [4.78, 5) is 12.1. The van der Waals surface area contributed by atoms with Crippen molar-refractivity contribution in [1.82, 2.24) is 16.2 Å². The molecule has 0 aromatic heterocycles. The third-order valence-electron chi connectivity index (χ3n) is 5.23. The van der Waals surface area contributed by atoms with Crippen molar-refractivity contribution in [2.24, 2.45) is 11.8 Å². The first-order valence-electron chi connectivity index (χ1n) is 9.67. The highest BCUT2D eigenvalue weighted by Gasteiger charge is 2.27. The molecular formula is C21H28N4O3S. The maximum Gasteiger partial charge on any atom is 0.262 e. The summed E-state index contributed by atoms with van der Waals surface area (Å²) in [6, 6.07) is 7.41. The topological polar surface area (TPSA) is 95.4 Å². The Balaban J connectivity index is 1.83. The Morgan fingerprint density at radius 1 is 1.31 bits per heavy atom. The molecule has 1 aromatic rings. The summed E-state index contributed by atoms with van der Waals surface area (Å²) in [5, 5.41) is 12.3. The van der Waals surface area contributed by atoms with Gasteiger partial charge in [0.1, 0.15) is 6.07 Å². The van der Waals surface area contributed by atoms with Crippen LogP contribution in [0.25, 0.3) is 6.08 Å². The van der Waals surface area contributed by atoms with Gasteiger partial charge >= 0.3 is 0 Å². The summed E-state index contributed by atoms with van der Waals surface area (Å²) in [6.45, 7) is 4.43. The number of methoxy groups -OCH3 is 1. The van der Waals surface area contributed by atoms with Crippen molar-refractivity contribution in [3.63, 3.8) is 0 Å². The normalized spacial score (nSPS) is 21.1. The van der Waals surface area contributed by atoms with E-state index in [4.69, 9.17) is 27.0 Å². The molecule has 0 heterocycles. The van der Waals surface area contributed by atoms with Crippen molar-refractivity contribution >= 4 is 29.3 Å². The Morgan fingerprint density at radius 3 is 2.83 bits per heavy atom. The molecule has 1 aliphatic carbocycles. The molecule has 3 atom stereocenters. The van der Waals surface area contributed by atoms with Crippen LogP contribution in [0.5, 0.6) is 11.5 Å². The number of thiocarbonyl (C=S) groups is 1. The van der Waals surface area contributed by atoms with Crippen LogP contribution in [0.4, 0.5) is 0 Å². The van der Waals surface area contributed by atoms with E-state index >= 15 is 0 Å². The molecule has 1 saturated carbocycles. The highest BCUT2D eigenvalue weighted by Crippen LogP contribution is 2.29. The van der Waals surface area contributed by atoms with Crippen molar-refractivity contribution in [2.45, 2.75) is 39.2 Å². The monoisotopic (exact) mass is 416 g/mol. The molecule has 8 heteroatoms. The van der Waals surface area contributed by atoms with Crippen LogP contribution in [0.1, 0.15) is 38.7 Å². The molecule has 0 unspecified atom stereocenters. The number of nitrogens with one attached hydrogen (secondary N) is 3. The zero-order valence-corrected chi connectivity index (χ0v) is 17.8. The molecule has 1 fully saturated rings. The van der Waals surface area contributed by atoms with Gasteiger partial charge in [-0.05, 0) is 54.2 Å². The molecule has 7 nitrogen and oxygen atoms in total. The second-order valence-electron chi connectivity index (χ2n) is 7.15. The van der Waals surface area contributed by atoms with E-state index in [9.17, 15) is 4.79 Å². The molecule has 1 aliphatic rings. The van der Waals surface area contributed by atoms with E-state index in [1.807, 2.05) is 6.07 Å². The first-order valence-corrected chi connectivity index (χ1v) is 10.1. The molecule has 0 aliphatic heterocycles. The van der Waals surface area contributed by atoms with E-state index in [1.165, 1.54) is 26.0 Å². The van der Waals surface area contributed by atoms with Gasteiger partial charge in [-0.25, -0.2) is 0 Å². The van der Waals surface area contributed by atoms with Crippen LogP contribution in [-0.2, 0) is 4.79 Å². The Morgan fingerprint density at radius 2 is 2.10 bits per heavy atom. The molecule has 156 valence electrons. The number of amides is 1. The van der Waals surface area contributed by atoms with Crippen LogP contribution in [-0.4, -0.2) is 30.8 Å². The third kappa shape index (κ3) is 6.95. The highest BCUT2D eigenvalue weighted by molar-refractivity contribution is 7.80. The zero-order chi connectivity index (χ0) is 21.2. The van der Waals surface area contributed by atoms with Crippen molar-refractivity contribution < 1.29 is 14.3 Å². The average molecular weight is 417 g/mol. The van der Waals surface area contributed by atoms with E-state index in [-0.39, 0.29) is 12.5 Å². The first kappa shape index (κ1) is 22.5. The van der Waals surface area contributed by atoms with Crippen LogP contribution in [0.15, 0.2) is 24.3 Å². The van der Waals surface area contributed by atoms with Crippen molar-refractivity contribution in [1.29, 1.82) is 5.26 Å². The molecule has 0 spiro atoms. The molecule has 2 rings (SSSR count). The minimum absolute atomic E-state index is 0.0634. The van der Waals surface area contributed by atoms with Gasteiger partial charge in [0.15, 0.2) is 23.2 Å². The van der Waals surface area contributed by atoms with Crippen molar-refractivity contribution in [3.05, 3.63) is 29.8 Å². The van der Waals surface area contributed by atoms with Gasteiger partial charge in [0, 0.05) is 12.1 Å². The number of carbonyl (C=O) groups is 1. The molecule has 1 aromatic carbocycles. The predicted molar refractivity (Wildman–Crippen MR) is 116 cm³/mol. The fourth-order valence-electron chi connectivity index (χ4n) is 3.34. The second-order valence-corrected chi connectivity index (χ2v) is 7.56. The van der Waals surface area contributed by atoms with Gasteiger partial charge < -0.3 is 14.8 Å². The number of hydrogen-bond acceptors (Lipinski definition) is 5. The van der Waals surface area contributed by atoms with E-state index in [1.54, 1.807) is 24.3 Å². The number of hydrogen-bond donors (Lipinski definition) is 3. The third-order valence-corrected chi connectivity index (χ3v) is 5.45. The summed E-state index contributed by atoms with van der Waals surface area (Å²) >= 11 is 5.29. The molecule has 29 heavy (non-hydrogen) atoms. The molecule has 0 radical (unpaired) electrons. The van der Waals surface area contributed by atoms with E-state index in [0.29, 0.717) is 34.5 Å². The van der Waals surface area contributed by atoms with Gasteiger partial charge in [0.25, 0.3) is 5.91 Å². The Labute approximate surface area is 177 Å². The van der Waals surface area contributed by atoms with E-state index in [2.05, 4.69) is 30.0 Å². The fraction of sp³-hybridized carbons (Fsp3) is 0.476. The molecule has 0 bridgehead atoms. The van der Waals surface area contributed by atoms with E-state index in [0.717, 1.165) is 12.0 Å². The number of nitrogens with zero attached hydrogens (tertiary/aromatic N) is 1. The lowest BCUT2D eigenvalue weighted by Crippen LogP contribution is -2.52. The predicted octanol–water partition coefficient (Wildman–Crippen LogP) is 2.93. The second kappa shape index (κ2) is 11.3. The lowest BCUT2D eigenvalue weighted by atomic mass is 9.78. The van der Waals surface area contributed by atoms with Crippen LogP contribution < -0.4 is 25.6 Å². The fourth-order valence-corrected chi connectivity index (χ4v) is 3.54. The van der Waals surface area contributed by atoms with Crippen LogP contribution >= 0.6 is 12.2 Å². The van der Waals surface area contributed by atoms with Gasteiger partial charge in [-0.2, -0.15) is 5.26 Å². The highest BCUT2D eigenvalue weighted by atomic mass is 32.1. The number of nitriles is 1. The van der Waals surface area contributed by atoms with Gasteiger partial charge in [-0.1, -0.05) is 32.8 Å². The summed E-state index contributed by atoms with van der Waals surface area (Å²) in [5.74, 6) is 1.83. The van der Waals surface area contributed by atoms with Crippen LogP contribution in [0.2, 0.25) is 0 Å². The lowest BCUT2D eigenvalue weighted by Gasteiger charge is -2.35. The number of carbonyl (C=O) groups excluding carboxylic acids is 1. The minimum Gasteiger partial charge on any atom is -0.493 e. The summed E-state index contributed by atoms with van der Waals surface area (Å²) in [7, 11) is 1.51. The standard InChI is InChI=1S/C21H28N4O3S/c1-14-5-4-6-17(15(14)2)23-21(29)25-24-20(26)10-8-16-7-9-18(28-12-11-22)19(13-16)27-3/h7-10,13-15,17H,4-6,12H2,1-3H3,(H,24,26)(H2,23,25,29)/b10-8+/t14-,15+,17-/m0/s1. The first-order chi connectivity index (χ1) is 13.9. The maximum atomic E-state index is 12.1. The zero-order valence-electron chi connectivity index (χ0n) is 17.0. The SMILES string of the molecule is COc1cc(/C=C/C(=O)NNC(=S)N[C@H]2CCC[C@H](C)[C@H]2C)ccc1OCC#N. The smallest absolute Gasteiger partial charge is 0.262 e. The van der Waals surface area contributed by atoms with Crippen LogP contribution in [0.3, 0.4) is 0 Å². The average Bonchev–Trinajstić information content (AvgIpc) is 2.72. The van der Waals surface area contributed by atoms with Gasteiger partial charge in [-0.15, -0.1) is 0 Å². The number of benzene rings is 1. The van der Waals surface area contributed by atoms with Gasteiger partial charge in [0.05, 0.1) is 7.11 Å². The molecule has 1 amide bonds. The van der Waals surface area contributed by atoms with Crippen LogP contribution in [0, 0.1) is 23.2 Å². The largest absolute Gasteiger partial charge is 0.493 e. The lowest BCUT2D eigenvalue weighted by molar-refractivity contribution is -0.116. The maximum absolute atomic E-state index is 12.1. The number of ether oxygens (including phenoxy) is 2. The Bertz CT molecular complexity index is 791. The van der Waals surface area contributed by atoms with Gasteiger partial charge in [0.2, 0.25) is 0 Å². The van der Waals surface area contributed by atoms with Gasteiger partial charge in [-0.3, -0.25) is 15.6 Å². The summed E-state index contributed by atoms with van der Waals surface area (Å²) in [6.07, 6.45) is 6.56. The summed E-state index contributed by atoms with van der Waals surface area (Å²) < 4.78 is 10.5. The number of hydrazine groups is 1. The molecule has 3 N–H and O–H groups in total. The molecule has 0 saturated heterocycles. The van der Waals surface area contributed by atoms with E-state index < -0.39 is 0 Å². The minimum atomic E-state index is -0.331. The summed E-state index contributed by atoms with van der Waals surface area (Å²) in [5.41, 5.74) is 6.07.